The molecule has 1 N–H and O–H groups in total. The van der Waals surface area contributed by atoms with Gasteiger partial charge >= 0.3 is 0 Å². The number of amides is 1. The van der Waals surface area contributed by atoms with Gasteiger partial charge in [0.2, 0.25) is 11.5 Å². The fraction of sp³-hybridized carbons (Fsp3) is 0.350. The maximum atomic E-state index is 12.8. The molecule has 1 aliphatic rings. The molecule has 0 fully saturated rings. The topological polar surface area (TPSA) is 75.3 Å². The monoisotopic (exact) mass is 373 g/mol. The number of hydrogen-bond donors (Lipinski definition) is 1. The summed E-state index contributed by atoms with van der Waals surface area (Å²) in [5.41, 5.74) is 0.908. The van der Waals surface area contributed by atoms with Crippen LogP contribution in [-0.4, -0.2) is 33.0 Å². The van der Waals surface area contributed by atoms with Gasteiger partial charge in [-0.1, -0.05) is 6.92 Å². The number of anilines is 1. The van der Waals surface area contributed by atoms with Crippen molar-refractivity contribution in [2.75, 3.05) is 26.6 Å². The summed E-state index contributed by atoms with van der Waals surface area (Å²) < 4.78 is 27.6. The molecule has 0 unspecified atom stereocenters. The fourth-order valence-corrected chi connectivity index (χ4v) is 2.86. The van der Waals surface area contributed by atoms with Crippen molar-refractivity contribution < 1.29 is 28.5 Å². The van der Waals surface area contributed by atoms with Gasteiger partial charge in [-0.3, -0.25) is 4.79 Å². The molecule has 0 saturated heterocycles. The van der Waals surface area contributed by atoms with Crippen LogP contribution < -0.4 is 29.0 Å². The quantitative estimate of drug-likeness (QED) is 0.829. The molecule has 7 heteroatoms. The van der Waals surface area contributed by atoms with Crippen molar-refractivity contribution in [1.29, 1.82) is 0 Å². The van der Waals surface area contributed by atoms with Crippen molar-refractivity contribution in [1.82, 2.24) is 0 Å². The molecule has 3 rings (SSSR count). The van der Waals surface area contributed by atoms with Crippen LogP contribution in [0.5, 0.6) is 28.7 Å². The number of hydrogen-bond acceptors (Lipinski definition) is 6. The molecule has 1 heterocycles. The molecule has 0 aromatic heterocycles. The van der Waals surface area contributed by atoms with Crippen LogP contribution in [0, 0.1) is 0 Å². The molecule has 0 spiro atoms. The molecule has 1 atom stereocenters. The summed E-state index contributed by atoms with van der Waals surface area (Å²) in [5, 5.41) is 2.85. The van der Waals surface area contributed by atoms with Gasteiger partial charge in [-0.15, -0.1) is 0 Å². The van der Waals surface area contributed by atoms with E-state index in [2.05, 4.69) is 5.32 Å². The van der Waals surface area contributed by atoms with E-state index in [-0.39, 0.29) is 5.91 Å². The first-order valence-corrected chi connectivity index (χ1v) is 8.57. The fourth-order valence-electron chi connectivity index (χ4n) is 2.86. The molecule has 0 radical (unpaired) electrons. The third-order valence-corrected chi connectivity index (χ3v) is 4.44. The van der Waals surface area contributed by atoms with Crippen LogP contribution in [0.4, 0.5) is 5.69 Å². The van der Waals surface area contributed by atoms with Gasteiger partial charge in [-0.25, -0.2) is 0 Å². The van der Waals surface area contributed by atoms with Gasteiger partial charge in [0.05, 0.1) is 26.9 Å². The molecule has 1 aliphatic heterocycles. The van der Waals surface area contributed by atoms with E-state index in [1.807, 2.05) is 13.8 Å². The number of nitrogens with one attached hydrogen (secondary N) is 1. The largest absolute Gasteiger partial charge is 0.493 e. The van der Waals surface area contributed by atoms with E-state index in [9.17, 15) is 4.79 Å². The van der Waals surface area contributed by atoms with Crippen LogP contribution in [0.25, 0.3) is 0 Å². The van der Waals surface area contributed by atoms with Crippen molar-refractivity contribution >= 4 is 11.6 Å². The van der Waals surface area contributed by atoms with Crippen molar-refractivity contribution in [3.63, 3.8) is 0 Å². The summed E-state index contributed by atoms with van der Waals surface area (Å²) in [5.74, 6) is 1.36. The molecule has 7 nitrogen and oxygen atoms in total. The van der Waals surface area contributed by atoms with E-state index in [0.29, 0.717) is 46.4 Å². The van der Waals surface area contributed by atoms with Crippen LogP contribution in [0.15, 0.2) is 30.3 Å². The van der Waals surface area contributed by atoms with Crippen LogP contribution in [0.2, 0.25) is 0 Å². The lowest BCUT2D eigenvalue weighted by Gasteiger charge is -2.20. The van der Waals surface area contributed by atoms with Crippen molar-refractivity contribution in [2.45, 2.75) is 26.1 Å². The highest BCUT2D eigenvalue weighted by Gasteiger charge is 2.35. The van der Waals surface area contributed by atoms with Gasteiger partial charge in [0.15, 0.2) is 23.0 Å². The zero-order chi connectivity index (χ0) is 19.6. The predicted molar refractivity (Wildman–Crippen MR) is 100 cm³/mol. The van der Waals surface area contributed by atoms with Gasteiger partial charge in [0.25, 0.3) is 5.91 Å². The highest BCUT2D eigenvalue weighted by molar-refractivity contribution is 6.07. The van der Waals surface area contributed by atoms with Crippen LogP contribution in [0.1, 0.15) is 30.6 Å². The van der Waals surface area contributed by atoms with E-state index in [0.717, 1.165) is 0 Å². The minimum absolute atomic E-state index is 0.300. The minimum Gasteiger partial charge on any atom is -0.493 e. The Hall–Kier alpha value is -3.09. The van der Waals surface area contributed by atoms with Crippen molar-refractivity contribution in [3.05, 3.63) is 35.9 Å². The second kappa shape index (κ2) is 7.26. The van der Waals surface area contributed by atoms with E-state index in [4.69, 9.17) is 23.7 Å². The number of fused-ring (bicyclic) bond motifs is 1. The average molecular weight is 373 g/mol. The van der Waals surface area contributed by atoms with Crippen molar-refractivity contribution in [3.8, 4) is 28.7 Å². The van der Waals surface area contributed by atoms with Crippen molar-refractivity contribution in [2.24, 2.45) is 0 Å². The first kappa shape index (κ1) is 18.7. The van der Waals surface area contributed by atoms with E-state index in [1.165, 1.54) is 21.3 Å². The van der Waals surface area contributed by atoms with Gasteiger partial charge in [0.1, 0.15) is 0 Å². The first-order chi connectivity index (χ1) is 12.9. The zero-order valence-electron chi connectivity index (χ0n) is 16.0. The summed E-state index contributed by atoms with van der Waals surface area (Å²) in [6, 6.07) is 8.55. The van der Waals surface area contributed by atoms with Gasteiger partial charge in [-0.2, -0.15) is 0 Å². The smallest absolute Gasteiger partial charge is 0.259 e. The van der Waals surface area contributed by atoms with E-state index in [1.54, 1.807) is 30.3 Å². The van der Waals surface area contributed by atoms with Crippen LogP contribution in [-0.2, 0) is 0 Å². The molecule has 0 saturated carbocycles. The molecule has 27 heavy (non-hydrogen) atoms. The van der Waals surface area contributed by atoms with Crippen LogP contribution in [0.3, 0.4) is 0 Å². The number of rotatable bonds is 6. The Kier molecular flexibility index (Phi) is 5.03. The molecule has 2 aromatic rings. The summed E-state index contributed by atoms with van der Waals surface area (Å²) in [6.45, 7) is 3.86. The molecule has 144 valence electrons. The molecule has 0 bridgehead atoms. The second-order valence-electron chi connectivity index (χ2n) is 6.19. The third-order valence-electron chi connectivity index (χ3n) is 4.44. The average Bonchev–Trinajstić information content (AvgIpc) is 3.02. The van der Waals surface area contributed by atoms with E-state index >= 15 is 0 Å². The van der Waals surface area contributed by atoms with Gasteiger partial charge in [-0.05, 0) is 24.3 Å². The standard InChI is InChI=1S/C20H23NO6/c1-6-20(2)26-14-9-7-12(11-16(14)27-20)21-19(22)13-8-10-15(23-3)18(25-5)17(13)24-4/h7-11H,6H2,1-5H3,(H,21,22)/t20-/m0/s1. The second-order valence-corrected chi connectivity index (χ2v) is 6.19. The van der Waals surface area contributed by atoms with Crippen LogP contribution >= 0.6 is 0 Å². The zero-order valence-corrected chi connectivity index (χ0v) is 16.0. The predicted octanol–water partition coefficient (Wildman–Crippen LogP) is 3.86. The number of benzene rings is 2. The lowest BCUT2D eigenvalue weighted by Crippen LogP contribution is -2.33. The molecule has 1 amide bonds. The molecule has 0 aliphatic carbocycles. The highest BCUT2D eigenvalue weighted by atomic mass is 16.7. The Morgan fingerprint density at radius 2 is 1.70 bits per heavy atom. The normalized spacial score (nSPS) is 17.4. The summed E-state index contributed by atoms with van der Waals surface area (Å²) in [6.07, 6.45) is 0.701. The Balaban J connectivity index is 1.86. The Labute approximate surface area is 158 Å². The highest BCUT2D eigenvalue weighted by Crippen LogP contribution is 2.43. The Bertz CT molecular complexity index is 866. The Morgan fingerprint density at radius 3 is 2.33 bits per heavy atom. The van der Waals surface area contributed by atoms with E-state index < -0.39 is 5.79 Å². The number of ether oxygens (including phenoxy) is 5. The SMILES string of the molecule is CC[C@@]1(C)Oc2ccc(NC(=O)c3ccc(OC)c(OC)c3OC)cc2O1. The minimum atomic E-state index is -0.683. The number of methoxy groups -OCH3 is 3. The van der Waals surface area contributed by atoms with Gasteiger partial charge < -0.3 is 29.0 Å². The molecular weight excluding hydrogens is 350 g/mol. The molecular formula is C20H23NO6. The molecule has 2 aromatic carbocycles. The summed E-state index contributed by atoms with van der Waals surface area (Å²) in [7, 11) is 4.48. The maximum Gasteiger partial charge on any atom is 0.259 e. The van der Waals surface area contributed by atoms with Gasteiger partial charge in [0, 0.05) is 25.1 Å². The Morgan fingerprint density at radius 1 is 1.00 bits per heavy atom. The number of carbonyl (C=O) groups excluding carboxylic acids is 1. The maximum absolute atomic E-state index is 12.8. The summed E-state index contributed by atoms with van der Waals surface area (Å²) >= 11 is 0. The number of carbonyl (C=O) groups is 1. The first-order valence-electron chi connectivity index (χ1n) is 8.57. The lowest BCUT2D eigenvalue weighted by atomic mass is 10.1. The lowest BCUT2D eigenvalue weighted by molar-refractivity contribution is -0.0640. The third kappa shape index (κ3) is 3.45. The summed E-state index contributed by atoms with van der Waals surface area (Å²) in [4.78, 5) is 12.8.